The van der Waals surface area contributed by atoms with E-state index in [1.807, 2.05) is 19.1 Å². The molecule has 0 bridgehead atoms. The molecule has 1 heterocycles. The van der Waals surface area contributed by atoms with Crippen molar-refractivity contribution in [1.29, 1.82) is 0 Å². The molecule has 1 aromatic rings. The maximum atomic E-state index is 11.9. The standard InChI is InChI=1S/C12H12BrCl2NO/c1-7-2-9(13)12(10(15)3-7)16-6-8(5-14)4-11(16)17/h2-3,8H,4-6H2,1H3. The summed E-state index contributed by atoms with van der Waals surface area (Å²) in [6.07, 6.45) is 0.500. The molecule has 1 atom stereocenters. The van der Waals surface area contributed by atoms with Gasteiger partial charge < -0.3 is 4.90 Å². The lowest BCUT2D eigenvalue weighted by Gasteiger charge is -2.20. The first-order chi connectivity index (χ1) is 8.02. The van der Waals surface area contributed by atoms with Crippen LogP contribution in [-0.2, 0) is 4.79 Å². The smallest absolute Gasteiger partial charge is 0.227 e. The average Bonchev–Trinajstić information content (AvgIpc) is 2.59. The summed E-state index contributed by atoms with van der Waals surface area (Å²) in [7, 11) is 0. The highest BCUT2D eigenvalue weighted by Crippen LogP contribution is 2.38. The van der Waals surface area contributed by atoms with Crippen LogP contribution in [0.5, 0.6) is 0 Å². The Balaban J connectivity index is 2.38. The van der Waals surface area contributed by atoms with Crippen molar-refractivity contribution in [1.82, 2.24) is 0 Å². The number of carbonyl (C=O) groups excluding carboxylic acids is 1. The van der Waals surface area contributed by atoms with Gasteiger partial charge in [-0.15, -0.1) is 11.6 Å². The van der Waals surface area contributed by atoms with E-state index in [-0.39, 0.29) is 11.8 Å². The van der Waals surface area contributed by atoms with Crippen molar-refractivity contribution in [3.05, 3.63) is 27.2 Å². The van der Waals surface area contributed by atoms with E-state index in [4.69, 9.17) is 23.2 Å². The Morgan fingerprint density at radius 2 is 2.24 bits per heavy atom. The first-order valence-electron chi connectivity index (χ1n) is 5.35. The molecule has 5 heteroatoms. The Labute approximate surface area is 119 Å². The molecule has 92 valence electrons. The number of halogens is 3. The molecule has 0 N–H and O–H groups in total. The molecule has 1 unspecified atom stereocenters. The largest absolute Gasteiger partial charge is 0.310 e. The first kappa shape index (κ1) is 13.2. The van der Waals surface area contributed by atoms with Gasteiger partial charge in [-0.05, 0) is 46.5 Å². The van der Waals surface area contributed by atoms with E-state index in [9.17, 15) is 4.79 Å². The molecule has 17 heavy (non-hydrogen) atoms. The second-order valence-electron chi connectivity index (χ2n) is 4.31. The summed E-state index contributed by atoms with van der Waals surface area (Å²) in [5, 5.41) is 0.598. The highest BCUT2D eigenvalue weighted by Gasteiger charge is 2.32. The lowest BCUT2D eigenvalue weighted by molar-refractivity contribution is -0.117. The van der Waals surface area contributed by atoms with Crippen molar-refractivity contribution >= 4 is 50.7 Å². The van der Waals surface area contributed by atoms with Crippen molar-refractivity contribution in [2.24, 2.45) is 5.92 Å². The Kier molecular flexibility index (Phi) is 4.01. The van der Waals surface area contributed by atoms with Crippen molar-refractivity contribution in [3.63, 3.8) is 0 Å². The van der Waals surface area contributed by atoms with Crippen molar-refractivity contribution < 1.29 is 4.79 Å². The van der Waals surface area contributed by atoms with Gasteiger partial charge in [0.15, 0.2) is 0 Å². The Hall–Kier alpha value is -0.250. The molecule has 1 amide bonds. The monoisotopic (exact) mass is 335 g/mol. The number of alkyl halides is 1. The van der Waals surface area contributed by atoms with Gasteiger partial charge in [-0.1, -0.05) is 11.6 Å². The lowest BCUT2D eigenvalue weighted by Crippen LogP contribution is -2.25. The Bertz CT molecular complexity index is 441. The molecule has 0 radical (unpaired) electrons. The van der Waals surface area contributed by atoms with E-state index in [0.717, 1.165) is 15.7 Å². The molecule has 2 rings (SSSR count). The summed E-state index contributed by atoms with van der Waals surface area (Å²) < 4.78 is 0.853. The molecule has 0 spiro atoms. The third-order valence-electron chi connectivity index (χ3n) is 2.85. The molecule has 0 aromatic heterocycles. The number of anilines is 1. The van der Waals surface area contributed by atoms with Gasteiger partial charge in [-0.25, -0.2) is 0 Å². The third-order valence-corrected chi connectivity index (χ3v) is 4.18. The van der Waals surface area contributed by atoms with E-state index in [1.54, 1.807) is 4.90 Å². The number of aryl methyl sites for hydroxylation is 1. The molecule has 1 aliphatic rings. The lowest BCUT2D eigenvalue weighted by atomic mass is 10.1. The minimum absolute atomic E-state index is 0.0853. The number of hydrogen-bond donors (Lipinski definition) is 0. The first-order valence-corrected chi connectivity index (χ1v) is 7.05. The van der Waals surface area contributed by atoms with Crippen LogP contribution < -0.4 is 4.90 Å². The molecule has 2 nitrogen and oxygen atoms in total. The molecule has 1 fully saturated rings. The quantitative estimate of drug-likeness (QED) is 0.747. The predicted octanol–water partition coefficient (Wildman–Crippen LogP) is 4.00. The van der Waals surface area contributed by atoms with Gasteiger partial charge in [0, 0.05) is 23.3 Å². The molecule has 1 aliphatic heterocycles. The topological polar surface area (TPSA) is 20.3 Å². The minimum atomic E-state index is 0.0853. The zero-order valence-electron chi connectivity index (χ0n) is 9.34. The maximum absolute atomic E-state index is 11.9. The fourth-order valence-electron chi connectivity index (χ4n) is 2.05. The van der Waals surface area contributed by atoms with Crippen LogP contribution in [0.1, 0.15) is 12.0 Å². The number of hydrogen-bond acceptors (Lipinski definition) is 1. The summed E-state index contributed by atoms with van der Waals surface area (Å²) in [5.74, 6) is 0.805. The summed E-state index contributed by atoms with van der Waals surface area (Å²) in [6.45, 7) is 2.61. The van der Waals surface area contributed by atoms with E-state index >= 15 is 0 Å². The molecule has 0 aliphatic carbocycles. The highest BCUT2D eigenvalue weighted by atomic mass is 79.9. The number of amides is 1. The molecule has 1 aromatic carbocycles. The van der Waals surface area contributed by atoms with E-state index < -0.39 is 0 Å². The normalized spacial score (nSPS) is 20.1. The third kappa shape index (κ3) is 2.61. The van der Waals surface area contributed by atoms with Gasteiger partial charge in [-0.2, -0.15) is 0 Å². The summed E-state index contributed by atoms with van der Waals surface area (Å²) >= 11 is 15.5. The maximum Gasteiger partial charge on any atom is 0.227 e. The van der Waals surface area contributed by atoms with Gasteiger partial charge in [0.1, 0.15) is 0 Å². The van der Waals surface area contributed by atoms with Crippen LogP contribution in [0.15, 0.2) is 16.6 Å². The second-order valence-corrected chi connectivity index (χ2v) is 5.88. The highest BCUT2D eigenvalue weighted by molar-refractivity contribution is 9.10. The van der Waals surface area contributed by atoms with E-state index in [2.05, 4.69) is 15.9 Å². The van der Waals surface area contributed by atoms with Crippen LogP contribution in [-0.4, -0.2) is 18.3 Å². The second kappa shape index (κ2) is 5.17. The van der Waals surface area contributed by atoms with Crippen LogP contribution in [0, 0.1) is 12.8 Å². The zero-order chi connectivity index (χ0) is 12.6. The van der Waals surface area contributed by atoms with Crippen molar-refractivity contribution in [3.8, 4) is 0 Å². The van der Waals surface area contributed by atoms with E-state index in [0.29, 0.717) is 23.9 Å². The van der Waals surface area contributed by atoms with Crippen LogP contribution in [0.25, 0.3) is 0 Å². The molecular weight excluding hydrogens is 325 g/mol. The van der Waals surface area contributed by atoms with Crippen LogP contribution >= 0.6 is 39.1 Å². The molecule has 1 saturated heterocycles. The number of nitrogens with zero attached hydrogens (tertiary/aromatic N) is 1. The fraction of sp³-hybridized carbons (Fsp3) is 0.417. The zero-order valence-corrected chi connectivity index (χ0v) is 12.4. The van der Waals surface area contributed by atoms with Gasteiger partial charge >= 0.3 is 0 Å². The van der Waals surface area contributed by atoms with Crippen LogP contribution in [0.4, 0.5) is 5.69 Å². The van der Waals surface area contributed by atoms with Crippen LogP contribution in [0.2, 0.25) is 5.02 Å². The SMILES string of the molecule is Cc1cc(Cl)c(N2CC(CCl)CC2=O)c(Br)c1. The number of benzene rings is 1. The minimum Gasteiger partial charge on any atom is -0.310 e. The Morgan fingerprint density at radius 1 is 1.53 bits per heavy atom. The number of carbonyl (C=O) groups is 1. The molecule has 0 saturated carbocycles. The van der Waals surface area contributed by atoms with Gasteiger partial charge in [0.05, 0.1) is 10.7 Å². The van der Waals surface area contributed by atoms with Crippen molar-refractivity contribution in [2.45, 2.75) is 13.3 Å². The summed E-state index contributed by atoms with van der Waals surface area (Å²) in [6, 6.07) is 3.82. The number of rotatable bonds is 2. The van der Waals surface area contributed by atoms with Crippen molar-refractivity contribution in [2.75, 3.05) is 17.3 Å². The van der Waals surface area contributed by atoms with Crippen LogP contribution in [0.3, 0.4) is 0 Å². The Morgan fingerprint density at radius 3 is 2.76 bits per heavy atom. The summed E-state index contributed by atoms with van der Waals surface area (Å²) in [4.78, 5) is 13.6. The van der Waals surface area contributed by atoms with E-state index in [1.165, 1.54) is 0 Å². The summed E-state index contributed by atoms with van der Waals surface area (Å²) in [5.41, 5.74) is 1.82. The van der Waals surface area contributed by atoms with Gasteiger partial charge in [0.25, 0.3) is 0 Å². The van der Waals surface area contributed by atoms with Gasteiger partial charge in [0.2, 0.25) is 5.91 Å². The average molecular weight is 337 g/mol. The fourth-order valence-corrected chi connectivity index (χ4v) is 3.54. The molecular formula is C12H12BrCl2NO. The predicted molar refractivity (Wildman–Crippen MR) is 75.1 cm³/mol. The van der Waals surface area contributed by atoms with Gasteiger partial charge in [-0.3, -0.25) is 4.79 Å².